The molecule has 1 aromatic rings. The van der Waals surface area contributed by atoms with Gasteiger partial charge in [0.2, 0.25) is 10.0 Å². The van der Waals surface area contributed by atoms with E-state index in [4.69, 9.17) is 9.84 Å². The van der Waals surface area contributed by atoms with Gasteiger partial charge in [-0.1, -0.05) is 6.07 Å². The standard InChI is InChI=1S/C10H15NO4S/c1-8(12)7-11-16(13,14)10-5-3-4-9(6-10)15-2/h3-6,8,11-12H,7H2,1-2H3/t8-/m1/s1. The quantitative estimate of drug-likeness (QED) is 0.785. The molecule has 0 unspecified atom stereocenters. The predicted molar refractivity (Wildman–Crippen MR) is 59.9 cm³/mol. The largest absolute Gasteiger partial charge is 0.497 e. The molecule has 0 fully saturated rings. The van der Waals surface area contributed by atoms with E-state index in [-0.39, 0.29) is 11.4 Å². The molecule has 0 aliphatic carbocycles. The molecular formula is C10H15NO4S. The number of aliphatic hydroxyl groups is 1. The van der Waals surface area contributed by atoms with Crippen LogP contribution in [0.2, 0.25) is 0 Å². The van der Waals surface area contributed by atoms with Crippen LogP contribution >= 0.6 is 0 Å². The van der Waals surface area contributed by atoms with E-state index < -0.39 is 16.1 Å². The molecule has 0 saturated carbocycles. The first kappa shape index (κ1) is 13.0. The number of sulfonamides is 1. The zero-order valence-corrected chi connectivity index (χ0v) is 9.99. The number of benzene rings is 1. The van der Waals surface area contributed by atoms with Crippen LogP contribution in [0.1, 0.15) is 6.92 Å². The smallest absolute Gasteiger partial charge is 0.240 e. The predicted octanol–water partition coefficient (Wildman–Crippen LogP) is 0.354. The van der Waals surface area contributed by atoms with Crippen LogP contribution in [-0.2, 0) is 10.0 Å². The van der Waals surface area contributed by atoms with Gasteiger partial charge in [0.1, 0.15) is 5.75 Å². The number of hydrogen-bond acceptors (Lipinski definition) is 4. The number of nitrogens with one attached hydrogen (secondary N) is 1. The lowest BCUT2D eigenvalue weighted by molar-refractivity contribution is 0.198. The van der Waals surface area contributed by atoms with Gasteiger partial charge in [-0.05, 0) is 19.1 Å². The molecule has 2 N–H and O–H groups in total. The van der Waals surface area contributed by atoms with Crippen molar-refractivity contribution in [2.45, 2.75) is 17.9 Å². The fourth-order valence-corrected chi connectivity index (χ4v) is 2.24. The van der Waals surface area contributed by atoms with E-state index in [1.807, 2.05) is 0 Å². The second-order valence-electron chi connectivity index (χ2n) is 3.38. The van der Waals surface area contributed by atoms with Crippen molar-refractivity contribution in [3.05, 3.63) is 24.3 Å². The van der Waals surface area contributed by atoms with Gasteiger partial charge < -0.3 is 9.84 Å². The van der Waals surface area contributed by atoms with Crippen molar-refractivity contribution in [2.24, 2.45) is 0 Å². The molecule has 0 aliphatic heterocycles. The summed E-state index contributed by atoms with van der Waals surface area (Å²) >= 11 is 0. The Labute approximate surface area is 95.1 Å². The molecular weight excluding hydrogens is 230 g/mol. The van der Waals surface area contributed by atoms with E-state index in [0.717, 1.165) is 0 Å². The van der Waals surface area contributed by atoms with Crippen LogP contribution in [0.3, 0.4) is 0 Å². The zero-order valence-electron chi connectivity index (χ0n) is 9.17. The number of hydrogen-bond donors (Lipinski definition) is 2. The van der Waals surface area contributed by atoms with Gasteiger partial charge in [-0.3, -0.25) is 0 Å². The number of ether oxygens (including phenoxy) is 1. The summed E-state index contributed by atoms with van der Waals surface area (Å²) in [5.74, 6) is 0.472. The van der Waals surface area contributed by atoms with Gasteiger partial charge in [0.25, 0.3) is 0 Å². The fraction of sp³-hybridized carbons (Fsp3) is 0.400. The topological polar surface area (TPSA) is 75.6 Å². The van der Waals surface area contributed by atoms with E-state index >= 15 is 0 Å². The van der Waals surface area contributed by atoms with E-state index in [0.29, 0.717) is 5.75 Å². The fourth-order valence-electron chi connectivity index (χ4n) is 1.08. The van der Waals surface area contributed by atoms with Crippen molar-refractivity contribution in [2.75, 3.05) is 13.7 Å². The highest BCUT2D eigenvalue weighted by Crippen LogP contribution is 2.16. The van der Waals surface area contributed by atoms with Gasteiger partial charge in [0.05, 0.1) is 18.1 Å². The van der Waals surface area contributed by atoms with E-state index in [2.05, 4.69) is 4.72 Å². The van der Waals surface area contributed by atoms with Crippen molar-refractivity contribution in [1.29, 1.82) is 0 Å². The molecule has 0 bridgehead atoms. The van der Waals surface area contributed by atoms with E-state index in [1.54, 1.807) is 12.1 Å². The van der Waals surface area contributed by atoms with Gasteiger partial charge in [0, 0.05) is 12.6 Å². The minimum absolute atomic E-state index is 0.0143. The molecule has 1 rings (SSSR count). The molecule has 0 heterocycles. The summed E-state index contributed by atoms with van der Waals surface area (Å²) < 4.78 is 30.7. The summed E-state index contributed by atoms with van der Waals surface area (Å²) in [6.07, 6.45) is -0.722. The van der Waals surface area contributed by atoms with Crippen LogP contribution in [0.15, 0.2) is 29.2 Å². The molecule has 0 amide bonds. The monoisotopic (exact) mass is 245 g/mol. The Balaban J connectivity index is 2.89. The summed E-state index contributed by atoms with van der Waals surface area (Å²) in [4.78, 5) is 0.118. The van der Waals surface area contributed by atoms with Gasteiger partial charge in [-0.15, -0.1) is 0 Å². The second kappa shape index (κ2) is 5.29. The van der Waals surface area contributed by atoms with Crippen LogP contribution in [0, 0.1) is 0 Å². The highest BCUT2D eigenvalue weighted by atomic mass is 32.2. The zero-order chi connectivity index (χ0) is 12.2. The number of rotatable bonds is 5. The van der Waals surface area contributed by atoms with Gasteiger partial charge >= 0.3 is 0 Å². The summed E-state index contributed by atoms with van der Waals surface area (Å²) in [6, 6.07) is 6.14. The highest BCUT2D eigenvalue weighted by Gasteiger charge is 2.14. The molecule has 0 aliphatic rings. The molecule has 1 aromatic carbocycles. The first-order valence-corrected chi connectivity index (χ1v) is 6.26. The minimum atomic E-state index is -3.58. The van der Waals surface area contributed by atoms with Crippen molar-refractivity contribution in [1.82, 2.24) is 4.72 Å². The first-order chi connectivity index (χ1) is 7.45. The lowest BCUT2D eigenvalue weighted by Crippen LogP contribution is -2.30. The first-order valence-electron chi connectivity index (χ1n) is 4.77. The second-order valence-corrected chi connectivity index (χ2v) is 5.15. The highest BCUT2D eigenvalue weighted by molar-refractivity contribution is 7.89. The van der Waals surface area contributed by atoms with Crippen LogP contribution in [0.5, 0.6) is 5.75 Å². The third kappa shape index (κ3) is 3.48. The summed E-state index contributed by atoms with van der Waals surface area (Å²) in [7, 11) is -2.11. The third-order valence-corrected chi connectivity index (χ3v) is 3.34. The maximum absolute atomic E-state index is 11.7. The SMILES string of the molecule is COc1cccc(S(=O)(=O)NC[C@@H](C)O)c1. The Bertz CT molecular complexity index is 442. The van der Waals surface area contributed by atoms with Crippen molar-refractivity contribution in [3.63, 3.8) is 0 Å². The maximum atomic E-state index is 11.7. The van der Waals surface area contributed by atoms with E-state index in [1.165, 1.54) is 26.2 Å². The molecule has 0 radical (unpaired) electrons. The lowest BCUT2D eigenvalue weighted by atomic mass is 10.3. The van der Waals surface area contributed by atoms with E-state index in [9.17, 15) is 8.42 Å². The van der Waals surface area contributed by atoms with Crippen LogP contribution in [-0.4, -0.2) is 33.3 Å². The normalized spacial score (nSPS) is 13.4. The summed E-state index contributed by atoms with van der Waals surface area (Å²) in [6.45, 7) is 1.49. The van der Waals surface area contributed by atoms with Gasteiger partial charge in [-0.25, -0.2) is 13.1 Å². The Morgan fingerprint density at radius 1 is 1.50 bits per heavy atom. The molecule has 0 spiro atoms. The van der Waals surface area contributed by atoms with Crippen LogP contribution in [0.25, 0.3) is 0 Å². The van der Waals surface area contributed by atoms with Crippen molar-refractivity contribution < 1.29 is 18.3 Å². The van der Waals surface area contributed by atoms with Crippen molar-refractivity contribution >= 4 is 10.0 Å². The summed E-state index contributed by atoms with van der Waals surface area (Å²) in [5.41, 5.74) is 0. The molecule has 1 atom stereocenters. The van der Waals surface area contributed by atoms with Gasteiger partial charge in [-0.2, -0.15) is 0 Å². The molecule has 6 heteroatoms. The molecule has 16 heavy (non-hydrogen) atoms. The average Bonchev–Trinajstić information content (AvgIpc) is 2.27. The Morgan fingerprint density at radius 2 is 2.19 bits per heavy atom. The molecule has 90 valence electrons. The number of aliphatic hydroxyl groups excluding tert-OH is 1. The van der Waals surface area contributed by atoms with Crippen LogP contribution in [0.4, 0.5) is 0 Å². The molecule has 0 saturated heterocycles. The Morgan fingerprint density at radius 3 is 2.75 bits per heavy atom. The average molecular weight is 245 g/mol. The lowest BCUT2D eigenvalue weighted by Gasteiger charge is -2.09. The number of methoxy groups -OCH3 is 1. The molecule has 5 nitrogen and oxygen atoms in total. The Hall–Kier alpha value is -1.11. The minimum Gasteiger partial charge on any atom is -0.497 e. The molecule has 0 aromatic heterocycles. The van der Waals surface area contributed by atoms with Crippen molar-refractivity contribution in [3.8, 4) is 5.75 Å². The third-order valence-electron chi connectivity index (χ3n) is 1.92. The summed E-state index contributed by atoms with van der Waals surface area (Å²) in [5, 5.41) is 9.01. The Kier molecular flexibility index (Phi) is 4.28. The van der Waals surface area contributed by atoms with Gasteiger partial charge in [0.15, 0.2) is 0 Å². The maximum Gasteiger partial charge on any atom is 0.240 e. The van der Waals surface area contributed by atoms with Crippen LogP contribution < -0.4 is 9.46 Å².